The highest BCUT2D eigenvalue weighted by Crippen LogP contribution is 2.19. The van der Waals surface area contributed by atoms with Crippen molar-refractivity contribution in [2.45, 2.75) is 37.8 Å². The number of sulfonamides is 1. The topological polar surface area (TPSA) is 101 Å². The molecule has 0 radical (unpaired) electrons. The van der Waals surface area contributed by atoms with Crippen molar-refractivity contribution in [1.82, 2.24) is 14.1 Å². The summed E-state index contributed by atoms with van der Waals surface area (Å²) >= 11 is 0. The average Bonchev–Trinajstić information content (AvgIpc) is 2.79. The molecule has 1 aromatic heterocycles. The van der Waals surface area contributed by atoms with E-state index in [2.05, 4.69) is 10.4 Å². The maximum atomic E-state index is 12.8. The van der Waals surface area contributed by atoms with Crippen LogP contribution in [0.2, 0.25) is 0 Å². The van der Waals surface area contributed by atoms with Gasteiger partial charge in [-0.3, -0.25) is 9.59 Å². The Morgan fingerprint density at radius 1 is 1.03 bits per heavy atom. The van der Waals surface area contributed by atoms with Crippen LogP contribution < -0.4 is 10.9 Å². The van der Waals surface area contributed by atoms with Crippen molar-refractivity contribution in [1.29, 1.82) is 0 Å². The Morgan fingerprint density at radius 2 is 1.72 bits per heavy atom. The molecule has 1 heterocycles. The average molecular weight is 455 g/mol. The molecule has 0 aliphatic heterocycles. The molecule has 2 aromatic carbocycles. The maximum Gasteiger partial charge on any atom is 0.276 e. The summed E-state index contributed by atoms with van der Waals surface area (Å²) in [7, 11) is -2.16. The zero-order chi connectivity index (χ0) is 23.1. The van der Waals surface area contributed by atoms with Gasteiger partial charge in [0.1, 0.15) is 5.69 Å². The van der Waals surface area contributed by atoms with Crippen LogP contribution in [0.25, 0.3) is 0 Å². The second kappa shape index (κ2) is 10.3. The Balaban J connectivity index is 1.70. The molecule has 8 nitrogen and oxygen atoms in total. The van der Waals surface area contributed by atoms with Crippen LogP contribution in [0.4, 0.5) is 5.69 Å². The van der Waals surface area contributed by atoms with Gasteiger partial charge in [0.2, 0.25) is 10.0 Å². The Kier molecular flexibility index (Phi) is 7.55. The molecule has 0 spiro atoms. The Bertz CT molecular complexity index is 1220. The Labute approximate surface area is 187 Å². The fraction of sp³-hybridized carbons (Fsp3) is 0.261. The number of hydrogen-bond donors (Lipinski definition) is 1. The third-order valence-electron chi connectivity index (χ3n) is 4.89. The van der Waals surface area contributed by atoms with Crippen molar-refractivity contribution in [2.75, 3.05) is 12.4 Å². The first-order valence-electron chi connectivity index (χ1n) is 10.3. The largest absolute Gasteiger partial charge is 0.321 e. The van der Waals surface area contributed by atoms with E-state index in [1.165, 1.54) is 52.4 Å². The van der Waals surface area contributed by atoms with E-state index in [0.29, 0.717) is 12.2 Å². The van der Waals surface area contributed by atoms with Gasteiger partial charge in [0, 0.05) is 31.9 Å². The monoisotopic (exact) mass is 454 g/mol. The number of nitrogens with one attached hydrogen (secondary N) is 1. The standard InChI is InChI=1S/C23H26N4O4S/c1-3-4-16-27-22(28)15-14-21(25-27)23(29)24-19-10-12-20(13-11-19)32(30,31)26(2)17-18-8-6-5-7-9-18/h5-15H,3-4,16-17H2,1-2H3,(H,24,29). The van der Waals surface area contributed by atoms with Gasteiger partial charge in [-0.05, 0) is 42.3 Å². The van der Waals surface area contributed by atoms with Gasteiger partial charge in [-0.25, -0.2) is 13.1 Å². The highest BCUT2D eigenvalue weighted by Gasteiger charge is 2.21. The number of amides is 1. The lowest BCUT2D eigenvalue weighted by Crippen LogP contribution is -2.27. The minimum Gasteiger partial charge on any atom is -0.321 e. The van der Waals surface area contributed by atoms with Crippen molar-refractivity contribution in [3.8, 4) is 0 Å². The second-order valence-electron chi connectivity index (χ2n) is 7.36. The van der Waals surface area contributed by atoms with Crippen LogP contribution in [0.5, 0.6) is 0 Å². The van der Waals surface area contributed by atoms with Crippen LogP contribution in [0, 0.1) is 0 Å². The molecule has 3 rings (SSSR count). The number of rotatable bonds is 9. The molecule has 9 heteroatoms. The predicted octanol–water partition coefficient (Wildman–Crippen LogP) is 3.12. The molecule has 0 aliphatic carbocycles. The summed E-state index contributed by atoms with van der Waals surface area (Å²) < 4.78 is 28.2. The summed E-state index contributed by atoms with van der Waals surface area (Å²) in [5.41, 5.74) is 1.16. The summed E-state index contributed by atoms with van der Waals surface area (Å²) in [5.74, 6) is -0.480. The minimum atomic E-state index is -3.68. The molecule has 1 N–H and O–H groups in total. The predicted molar refractivity (Wildman–Crippen MR) is 123 cm³/mol. The molecule has 0 unspecified atom stereocenters. The first-order valence-corrected chi connectivity index (χ1v) is 11.7. The summed E-state index contributed by atoms with van der Waals surface area (Å²) in [6.45, 7) is 2.70. The SMILES string of the molecule is CCCCn1nc(C(=O)Nc2ccc(S(=O)(=O)N(C)Cc3ccccc3)cc2)ccc1=O. The van der Waals surface area contributed by atoms with Crippen LogP contribution in [0.3, 0.4) is 0 Å². The van der Waals surface area contributed by atoms with Crippen LogP contribution in [-0.2, 0) is 23.1 Å². The molecule has 0 aliphatic rings. The van der Waals surface area contributed by atoms with Gasteiger partial charge in [-0.15, -0.1) is 0 Å². The van der Waals surface area contributed by atoms with E-state index >= 15 is 0 Å². The summed E-state index contributed by atoms with van der Waals surface area (Å²) in [4.78, 5) is 24.5. The van der Waals surface area contributed by atoms with Crippen molar-refractivity contribution in [3.05, 3.63) is 88.3 Å². The second-order valence-corrected chi connectivity index (χ2v) is 9.40. The van der Waals surface area contributed by atoms with Gasteiger partial charge in [0.15, 0.2) is 0 Å². The third-order valence-corrected chi connectivity index (χ3v) is 6.71. The van der Waals surface area contributed by atoms with E-state index in [-0.39, 0.29) is 22.7 Å². The minimum absolute atomic E-state index is 0.111. The number of benzene rings is 2. The Hall–Kier alpha value is -3.30. The van der Waals surface area contributed by atoms with Crippen molar-refractivity contribution in [2.24, 2.45) is 0 Å². The van der Waals surface area contributed by atoms with Crippen LogP contribution in [-0.4, -0.2) is 35.5 Å². The van der Waals surface area contributed by atoms with Gasteiger partial charge in [-0.1, -0.05) is 43.7 Å². The van der Waals surface area contributed by atoms with E-state index in [9.17, 15) is 18.0 Å². The van der Waals surface area contributed by atoms with Crippen LogP contribution >= 0.6 is 0 Å². The lowest BCUT2D eigenvalue weighted by atomic mass is 10.2. The highest BCUT2D eigenvalue weighted by molar-refractivity contribution is 7.89. The quantitative estimate of drug-likeness (QED) is 0.535. The molecule has 0 fully saturated rings. The molecule has 0 saturated heterocycles. The summed E-state index contributed by atoms with van der Waals surface area (Å²) in [6, 6.07) is 17.9. The van der Waals surface area contributed by atoms with Gasteiger partial charge >= 0.3 is 0 Å². The molecule has 3 aromatic rings. The number of unbranched alkanes of at least 4 members (excludes halogenated alkanes) is 1. The number of aryl methyl sites for hydroxylation is 1. The van der Waals surface area contributed by atoms with E-state index in [1.807, 2.05) is 37.3 Å². The molecule has 0 saturated carbocycles. The number of anilines is 1. The van der Waals surface area contributed by atoms with E-state index < -0.39 is 15.9 Å². The molecular weight excluding hydrogens is 428 g/mol. The van der Waals surface area contributed by atoms with Gasteiger partial charge in [-0.2, -0.15) is 9.40 Å². The smallest absolute Gasteiger partial charge is 0.276 e. The first kappa shape index (κ1) is 23.4. The van der Waals surface area contributed by atoms with E-state index in [1.54, 1.807) is 0 Å². The summed E-state index contributed by atoms with van der Waals surface area (Å²) in [5, 5.41) is 6.80. The zero-order valence-electron chi connectivity index (χ0n) is 18.1. The molecular formula is C23H26N4O4S. The molecule has 168 valence electrons. The Morgan fingerprint density at radius 3 is 2.38 bits per heavy atom. The molecule has 32 heavy (non-hydrogen) atoms. The number of aromatic nitrogens is 2. The number of carbonyl (C=O) groups is 1. The van der Waals surface area contributed by atoms with E-state index in [4.69, 9.17) is 0 Å². The fourth-order valence-electron chi connectivity index (χ4n) is 3.05. The van der Waals surface area contributed by atoms with Crippen molar-refractivity contribution >= 4 is 21.6 Å². The molecule has 0 atom stereocenters. The van der Waals surface area contributed by atoms with Crippen molar-refractivity contribution in [3.63, 3.8) is 0 Å². The fourth-order valence-corrected chi connectivity index (χ4v) is 4.21. The summed E-state index contributed by atoms with van der Waals surface area (Å²) in [6.07, 6.45) is 1.69. The highest BCUT2D eigenvalue weighted by atomic mass is 32.2. The normalized spacial score (nSPS) is 11.5. The lowest BCUT2D eigenvalue weighted by molar-refractivity contribution is 0.101. The van der Waals surface area contributed by atoms with Crippen LogP contribution in [0.15, 0.2) is 76.4 Å². The van der Waals surface area contributed by atoms with Gasteiger partial charge in [0.25, 0.3) is 11.5 Å². The first-order chi connectivity index (χ1) is 15.3. The lowest BCUT2D eigenvalue weighted by Gasteiger charge is -2.17. The van der Waals surface area contributed by atoms with Gasteiger partial charge in [0.05, 0.1) is 4.90 Å². The number of carbonyl (C=O) groups excluding carboxylic acids is 1. The van der Waals surface area contributed by atoms with Crippen molar-refractivity contribution < 1.29 is 13.2 Å². The molecule has 0 bridgehead atoms. The van der Waals surface area contributed by atoms with E-state index in [0.717, 1.165) is 18.4 Å². The van der Waals surface area contributed by atoms with Gasteiger partial charge < -0.3 is 5.32 Å². The number of hydrogen-bond acceptors (Lipinski definition) is 5. The maximum absolute atomic E-state index is 12.8. The third kappa shape index (κ3) is 5.68. The number of nitrogens with zero attached hydrogens (tertiary/aromatic N) is 3. The zero-order valence-corrected chi connectivity index (χ0v) is 18.9. The van der Waals surface area contributed by atoms with Crippen LogP contribution in [0.1, 0.15) is 35.8 Å². The molecule has 1 amide bonds.